The monoisotopic (exact) mass is 387 g/mol. The molecule has 0 unspecified atom stereocenters. The molecule has 0 spiro atoms. The van der Waals surface area contributed by atoms with Crippen LogP contribution in [0.5, 0.6) is 5.75 Å². The Labute approximate surface area is 161 Å². The lowest BCUT2D eigenvalue weighted by molar-refractivity contribution is -0.137. The molecule has 4 rings (SSSR count). The Morgan fingerprint density at radius 2 is 1.86 bits per heavy atom. The number of ether oxygens (including phenoxy) is 1. The van der Waals surface area contributed by atoms with Crippen LogP contribution in [0.15, 0.2) is 48.7 Å². The van der Waals surface area contributed by atoms with Crippen LogP contribution in [0.4, 0.5) is 24.5 Å². The van der Waals surface area contributed by atoms with E-state index in [4.69, 9.17) is 9.72 Å². The predicted octanol–water partition coefficient (Wildman–Crippen LogP) is 5.66. The molecule has 0 aliphatic carbocycles. The first-order chi connectivity index (χ1) is 13.4. The molecule has 2 aromatic carbocycles. The molecule has 0 bridgehead atoms. The molecule has 28 heavy (non-hydrogen) atoms. The van der Waals surface area contributed by atoms with Gasteiger partial charge in [0.05, 0.1) is 24.1 Å². The summed E-state index contributed by atoms with van der Waals surface area (Å²) in [7, 11) is 1.35. The fourth-order valence-electron chi connectivity index (χ4n) is 3.40. The molecule has 0 saturated heterocycles. The third-order valence-electron chi connectivity index (χ3n) is 4.90. The summed E-state index contributed by atoms with van der Waals surface area (Å²) in [4.78, 5) is 4.71. The summed E-state index contributed by atoms with van der Waals surface area (Å²) in [6, 6.07) is 11.1. The van der Waals surface area contributed by atoms with Gasteiger partial charge in [-0.3, -0.25) is 0 Å². The van der Waals surface area contributed by atoms with Crippen molar-refractivity contribution in [1.29, 1.82) is 0 Å². The first-order valence-corrected chi connectivity index (χ1v) is 9.13. The number of hydrogen-bond donors (Lipinski definition) is 1. The van der Waals surface area contributed by atoms with E-state index in [0.29, 0.717) is 5.69 Å². The highest BCUT2D eigenvalue weighted by Gasteiger charge is 2.31. The smallest absolute Gasteiger partial charge is 0.416 e. The van der Waals surface area contributed by atoms with E-state index in [1.54, 1.807) is 0 Å². The van der Waals surface area contributed by atoms with Crippen LogP contribution in [-0.4, -0.2) is 16.7 Å². The maximum Gasteiger partial charge on any atom is 0.416 e. The van der Waals surface area contributed by atoms with E-state index in [9.17, 15) is 13.2 Å². The number of benzene rings is 2. The molecule has 1 N–H and O–H groups in total. The molecule has 1 aromatic heterocycles. The number of aromatic nitrogens is 2. The van der Waals surface area contributed by atoms with E-state index in [2.05, 4.69) is 16.1 Å². The van der Waals surface area contributed by atoms with Gasteiger partial charge < -0.3 is 14.6 Å². The fourth-order valence-corrected chi connectivity index (χ4v) is 3.40. The summed E-state index contributed by atoms with van der Waals surface area (Å²) >= 11 is 0. The Bertz CT molecular complexity index is 954. The number of fused-ring (bicyclic) bond motifs is 1. The third-order valence-corrected chi connectivity index (χ3v) is 4.90. The molecule has 0 amide bonds. The summed E-state index contributed by atoms with van der Waals surface area (Å²) in [5.74, 6) is 1.26. The lowest BCUT2D eigenvalue weighted by Gasteiger charge is -2.14. The molecule has 2 heterocycles. The predicted molar refractivity (Wildman–Crippen MR) is 102 cm³/mol. The summed E-state index contributed by atoms with van der Waals surface area (Å²) in [5, 5.41) is 3.11. The van der Waals surface area contributed by atoms with Crippen LogP contribution < -0.4 is 10.1 Å². The Hall–Kier alpha value is -2.96. The van der Waals surface area contributed by atoms with Crippen molar-refractivity contribution in [3.05, 3.63) is 60.0 Å². The molecule has 3 aromatic rings. The maximum absolute atomic E-state index is 12.9. The number of rotatable bonds is 4. The zero-order valence-corrected chi connectivity index (χ0v) is 15.4. The largest absolute Gasteiger partial charge is 0.495 e. The number of hydrogen-bond acceptors (Lipinski definition) is 3. The molecular formula is C21H20F3N3O. The average Bonchev–Trinajstić information content (AvgIpc) is 3.12. The SMILES string of the molecule is COc1cc(C(F)(F)F)ccc1Nc1ccc(-c2cn3c(n2)CCCC3)cc1. The molecule has 1 aliphatic rings. The van der Waals surface area contributed by atoms with Gasteiger partial charge in [0.15, 0.2) is 0 Å². The van der Waals surface area contributed by atoms with Crippen molar-refractivity contribution in [2.75, 3.05) is 12.4 Å². The van der Waals surface area contributed by atoms with Crippen LogP contribution in [0.3, 0.4) is 0 Å². The lowest BCUT2D eigenvalue weighted by Crippen LogP contribution is -2.08. The van der Waals surface area contributed by atoms with E-state index in [0.717, 1.165) is 47.9 Å². The number of nitrogens with one attached hydrogen (secondary N) is 1. The number of nitrogens with zero attached hydrogens (tertiary/aromatic N) is 2. The Kier molecular flexibility index (Phi) is 4.75. The second kappa shape index (κ2) is 7.22. The zero-order valence-electron chi connectivity index (χ0n) is 15.4. The van der Waals surface area contributed by atoms with Crippen molar-refractivity contribution >= 4 is 11.4 Å². The van der Waals surface area contributed by atoms with Gasteiger partial charge in [-0.25, -0.2) is 4.98 Å². The van der Waals surface area contributed by atoms with Gasteiger partial charge in [0.25, 0.3) is 0 Å². The van der Waals surface area contributed by atoms with Crippen LogP contribution >= 0.6 is 0 Å². The summed E-state index contributed by atoms with van der Waals surface area (Å²) in [6.45, 7) is 1.01. The van der Waals surface area contributed by atoms with Gasteiger partial charge in [-0.2, -0.15) is 13.2 Å². The quantitative estimate of drug-likeness (QED) is 0.628. The highest BCUT2D eigenvalue weighted by atomic mass is 19.4. The zero-order chi connectivity index (χ0) is 19.7. The summed E-state index contributed by atoms with van der Waals surface area (Å²) in [5.41, 5.74) is 2.43. The van der Waals surface area contributed by atoms with Crippen LogP contribution in [0.1, 0.15) is 24.2 Å². The van der Waals surface area contributed by atoms with E-state index in [-0.39, 0.29) is 5.75 Å². The number of methoxy groups -OCH3 is 1. The highest BCUT2D eigenvalue weighted by molar-refractivity contribution is 5.70. The normalized spacial score (nSPS) is 13.9. The minimum Gasteiger partial charge on any atom is -0.495 e. The van der Waals surface area contributed by atoms with E-state index in [1.807, 2.05) is 24.3 Å². The minimum atomic E-state index is -4.41. The standard InChI is InChI=1S/C21H20F3N3O/c1-28-19-12-15(21(22,23)24)7-10-17(19)25-16-8-5-14(6-9-16)18-13-27-11-3-2-4-20(27)26-18/h5-10,12-13,25H,2-4,11H2,1H3. The van der Waals surface area contributed by atoms with E-state index in [1.165, 1.54) is 26.0 Å². The van der Waals surface area contributed by atoms with E-state index < -0.39 is 11.7 Å². The lowest BCUT2D eigenvalue weighted by atomic mass is 10.1. The van der Waals surface area contributed by atoms with Crippen LogP contribution in [0, 0.1) is 0 Å². The Morgan fingerprint density at radius 3 is 2.54 bits per heavy atom. The first kappa shape index (κ1) is 18.4. The molecule has 4 nitrogen and oxygen atoms in total. The average molecular weight is 387 g/mol. The van der Waals surface area contributed by atoms with Crippen molar-refractivity contribution in [2.24, 2.45) is 0 Å². The maximum atomic E-state index is 12.9. The molecule has 146 valence electrons. The highest BCUT2D eigenvalue weighted by Crippen LogP contribution is 2.36. The van der Waals surface area contributed by atoms with Gasteiger partial charge >= 0.3 is 6.18 Å². The number of aryl methyl sites for hydroxylation is 2. The van der Waals surface area contributed by atoms with Crippen LogP contribution in [-0.2, 0) is 19.1 Å². The van der Waals surface area contributed by atoms with Crippen LogP contribution in [0.25, 0.3) is 11.3 Å². The number of alkyl halides is 3. The molecule has 0 fully saturated rings. The van der Waals surface area contributed by atoms with Gasteiger partial charge in [-0.05, 0) is 43.2 Å². The summed E-state index contributed by atoms with van der Waals surface area (Å²) < 4.78 is 45.9. The van der Waals surface area contributed by atoms with E-state index >= 15 is 0 Å². The topological polar surface area (TPSA) is 39.1 Å². The fraction of sp³-hybridized carbons (Fsp3) is 0.286. The summed E-state index contributed by atoms with van der Waals surface area (Å²) in [6.07, 6.45) is 1.04. The van der Waals surface area contributed by atoms with Gasteiger partial charge in [0.1, 0.15) is 11.6 Å². The number of anilines is 2. The second-order valence-electron chi connectivity index (χ2n) is 6.81. The number of imidazole rings is 1. The Morgan fingerprint density at radius 1 is 1.07 bits per heavy atom. The number of halogens is 3. The van der Waals surface area contributed by atoms with Crippen molar-refractivity contribution in [1.82, 2.24) is 9.55 Å². The van der Waals surface area contributed by atoms with Gasteiger partial charge in [-0.1, -0.05) is 12.1 Å². The third kappa shape index (κ3) is 3.69. The van der Waals surface area contributed by atoms with Gasteiger partial charge in [0.2, 0.25) is 0 Å². The molecule has 1 aliphatic heterocycles. The first-order valence-electron chi connectivity index (χ1n) is 9.13. The molecule has 0 radical (unpaired) electrons. The molecule has 7 heteroatoms. The second-order valence-corrected chi connectivity index (χ2v) is 6.81. The van der Waals surface area contributed by atoms with Crippen molar-refractivity contribution in [2.45, 2.75) is 32.0 Å². The Balaban J connectivity index is 1.54. The minimum absolute atomic E-state index is 0.140. The van der Waals surface area contributed by atoms with Crippen molar-refractivity contribution in [3.63, 3.8) is 0 Å². The van der Waals surface area contributed by atoms with Crippen molar-refractivity contribution < 1.29 is 17.9 Å². The van der Waals surface area contributed by atoms with Crippen molar-refractivity contribution in [3.8, 4) is 17.0 Å². The van der Waals surface area contributed by atoms with Gasteiger partial charge in [0, 0.05) is 30.4 Å². The van der Waals surface area contributed by atoms with Crippen LogP contribution in [0.2, 0.25) is 0 Å². The molecular weight excluding hydrogens is 367 g/mol. The van der Waals surface area contributed by atoms with Gasteiger partial charge in [-0.15, -0.1) is 0 Å². The molecule has 0 saturated carbocycles. The molecule has 0 atom stereocenters.